The Balaban J connectivity index is 1.64. The Bertz CT molecular complexity index is 1090. The number of amides is 1. The first-order chi connectivity index (χ1) is 23.9. The number of hydrogen-bond donors (Lipinski definition) is 7. The van der Waals surface area contributed by atoms with Crippen LogP contribution in [0.1, 0.15) is 98.3 Å². The lowest BCUT2D eigenvalue weighted by atomic mass is 9.74. The molecule has 4 aliphatic rings. The Morgan fingerprint density at radius 3 is 2.26 bits per heavy atom. The van der Waals surface area contributed by atoms with Gasteiger partial charge < -0.3 is 59.6 Å². The molecule has 15 atom stereocenters. The van der Waals surface area contributed by atoms with Crippen LogP contribution in [0, 0.1) is 17.8 Å². The van der Waals surface area contributed by atoms with Gasteiger partial charge in [-0.2, -0.15) is 0 Å². The van der Waals surface area contributed by atoms with E-state index in [-0.39, 0.29) is 24.2 Å². The Labute approximate surface area is 295 Å². The molecule has 0 bridgehead atoms. The van der Waals surface area contributed by atoms with Gasteiger partial charge in [-0.25, -0.2) is 4.79 Å². The molecule has 14 unspecified atom stereocenters. The number of hydrogen-bond acceptors (Lipinski definition) is 12. The van der Waals surface area contributed by atoms with Crippen molar-refractivity contribution in [3.05, 3.63) is 12.2 Å². The molecule has 2 saturated carbocycles. The molecule has 14 nitrogen and oxygen atoms in total. The van der Waals surface area contributed by atoms with Crippen molar-refractivity contribution in [3.63, 3.8) is 0 Å². The van der Waals surface area contributed by atoms with Crippen molar-refractivity contribution in [2.45, 2.75) is 178 Å². The van der Waals surface area contributed by atoms with Gasteiger partial charge in [0, 0.05) is 6.92 Å². The molecule has 2 aliphatic heterocycles. The van der Waals surface area contributed by atoms with Gasteiger partial charge in [0.2, 0.25) is 5.91 Å². The van der Waals surface area contributed by atoms with Gasteiger partial charge in [0.25, 0.3) is 0 Å². The third kappa shape index (κ3) is 10.5. The van der Waals surface area contributed by atoms with Gasteiger partial charge >= 0.3 is 5.97 Å². The molecular weight excluding hydrogens is 654 g/mol. The average Bonchev–Trinajstić information content (AvgIpc) is 3.09. The summed E-state index contributed by atoms with van der Waals surface area (Å²) in [7, 11) is 0. The van der Waals surface area contributed by atoms with Crippen molar-refractivity contribution >= 4 is 11.9 Å². The Morgan fingerprint density at radius 2 is 1.64 bits per heavy atom. The van der Waals surface area contributed by atoms with Gasteiger partial charge in [-0.15, -0.1) is 0 Å². The van der Waals surface area contributed by atoms with E-state index in [4.69, 9.17) is 23.7 Å². The molecular formula is C36H61NO13. The van der Waals surface area contributed by atoms with Gasteiger partial charge in [0.15, 0.2) is 18.7 Å². The lowest BCUT2D eigenvalue weighted by Gasteiger charge is -2.49. The summed E-state index contributed by atoms with van der Waals surface area (Å²) in [4.78, 5) is 25.1. The number of carbonyl (C=O) groups excluding carboxylic acids is 1. The lowest BCUT2D eigenvalue weighted by Crippen LogP contribution is -2.67. The highest BCUT2D eigenvalue weighted by Crippen LogP contribution is 2.41. The fourth-order valence-electron chi connectivity index (χ4n) is 8.21. The third-order valence-electron chi connectivity index (χ3n) is 11.0. The monoisotopic (exact) mass is 715 g/mol. The maximum Gasteiger partial charge on any atom is 0.332 e. The van der Waals surface area contributed by atoms with E-state index in [0.717, 1.165) is 51.4 Å². The number of allylic oxidation sites excluding steroid dienone is 2. The van der Waals surface area contributed by atoms with Crippen LogP contribution in [0.25, 0.3) is 0 Å². The molecule has 0 aromatic carbocycles. The minimum Gasteiger partial charge on any atom is -0.479 e. The Morgan fingerprint density at radius 1 is 0.920 bits per heavy atom. The van der Waals surface area contributed by atoms with E-state index in [9.17, 15) is 40.2 Å². The van der Waals surface area contributed by atoms with Crippen molar-refractivity contribution < 1.29 is 63.9 Å². The summed E-state index contributed by atoms with van der Waals surface area (Å²) in [6, 6.07) is -1.16. The van der Waals surface area contributed by atoms with Crippen LogP contribution in [0.3, 0.4) is 0 Å². The second-order valence-corrected chi connectivity index (χ2v) is 14.7. The molecule has 0 aromatic heterocycles. The Hall–Kier alpha value is -1.72. The van der Waals surface area contributed by atoms with Crippen LogP contribution in [0.4, 0.5) is 0 Å². The van der Waals surface area contributed by atoms with Gasteiger partial charge in [-0.3, -0.25) is 4.79 Å². The molecule has 7 N–H and O–H groups in total. The van der Waals surface area contributed by atoms with Crippen molar-refractivity contribution in [2.75, 3.05) is 6.61 Å². The van der Waals surface area contributed by atoms with E-state index in [1.807, 2.05) is 19.9 Å². The highest BCUT2D eigenvalue weighted by molar-refractivity contribution is 5.73. The quantitative estimate of drug-likeness (QED) is 0.121. The minimum atomic E-state index is -1.53. The number of carboxylic acid groups (broad SMARTS) is 1. The van der Waals surface area contributed by atoms with Crippen molar-refractivity contribution in [1.29, 1.82) is 0 Å². The minimum absolute atomic E-state index is 0.0829. The first-order valence-corrected chi connectivity index (χ1v) is 18.6. The molecule has 2 heterocycles. The summed E-state index contributed by atoms with van der Waals surface area (Å²) in [5, 5.41) is 66.2. The first-order valence-electron chi connectivity index (χ1n) is 18.6. The van der Waals surface area contributed by atoms with E-state index >= 15 is 0 Å². The fraction of sp³-hybridized carbons (Fsp3) is 0.889. The molecule has 4 fully saturated rings. The number of aliphatic carboxylic acids is 1. The van der Waals surface area contributed by atoms with Gasteiger partial charge in [0.1, 0.15) is 42.7 Å². The number of aliphatic hydroxyl groups excluding tert-OH is 5. The van der Waals surface area contributed by atoms with Gasteiger partial charge in [0.05, 0.1) is 24.9 Å². The van der Waals surface area contributed by atoms with E-state index in [2.05, 4.69) is 11.4 Å². The van der Waals surface area contributed by atoms with Crippen LogP contribution in [-0.2, 0) is 33.3 Å². The van der Waals surface area contributed by atoms with E-state index < -0.39 is 98.1 Å². The molecule has 4 rings (SSSR count). The lowest BCUT2D eigenvalue weighted by molar-refractivity contribution is -0.339. The van der Waals surface area contributed by atoms with Crippen LogP contribution in [-0.4, -0.2) is 129 Å². The molecule has 0 radical (unpaired) electrons. The topological polar surface area (TPSA) is 214 Å². The molecule has 288 valence electrons. The molecule has 0 aromatic rings. The molecule has 50 heavy (non-hydrogen) atoms. The summed E-state index contributed by atoms with van der Waals surface area (Å²) in [6.07, 6.45) is -1.49. The third-order valence-corrected chi connectivity index (χ3v) is 11.0. The zero-order valence-electron chi connectivity index (χ0n) is 29.9. The van der Waals surface area contributed by atoms with Crippen LogP contribution >= 0.6 is 0 Å². The molecule has 0 spiro atoms. The molecule has 2 aliphatic carbocycles. The van der Waals surface area contributed by atoms with E-state index in [1.54, 1.807) is 6.92 Å². The van der Waals surface area contributed by atoms with Crippen molar-refractivity contribution in [1.82, 2.24) is 5.32 Å². The van der Waals surface area contributed by atoms with E-state index in [1.165, 1.54) is 6.92 Å². The number of rotatable bonds is 15. The van der Waals surface area contributed by atoms with Crippen LogP contribution in [0.15, 0.2) is 12.2 Å². The van der Waals surface area contributed by atoms with Crippen LogP contribution in [0.2, 0.25) is 0 Å². The van der Waals surface area contributed by atoms with Crippen molar-refractivity contribution in [2.24, 2.45) is 17.8 Å². The zero-order valence-corrected chi connectivity index (χ0v) is 29.9. The van der Waals surface area contributed by atoms with Crippen molar-refractivity contribution in [3.8, 4) is 0 Å². The summed E-state index contributed by atoms with van der Waals surface area (Å²) in [6.45, 7) is 6.22. The number of carbonyl (C=O) groups is 2. The largest absolute Gasteiger partial charge is 0.479 e. The van der Waals surface area contributed by atoms with Gasteiger partial charge in [-0.1, -0.05) is 57.6 Å². The SMILES string of the molecule is CC=CCCC1CC(CC)C(OC2OC(C)C(O)C(O)C2O)C(OC2OC(CO)C(O)C(O[C@@H](CC3CCCCC3)C(=O)O)C2NC(C)=O)C1. The number of ether oxygens (including phenoxy) is 5. The second kappa shape index (κ2) is 19.4. The highest BCUT2D eigenvalue weighted by Gasteiger charge is 2.52. The highest BCUT2D eigenvalue weighted by atomic mass is 16.7. The predicted octanol–water partition coefficient (Wildman–Crippen LogP) is 1.77. The molecule has 14 heteroatoms. The second-order valence-electron chi connectivity index (χ2n) is 14.7. The predicted molar refractivity (Wildman–Crippen MR) is 180 cm³/mol. The summed E-state index contributed by atoms with van der Waals surface area (Å²) >= 11 is 0. The average molecular weight is 716 g/mol. The van der Waals surface area contributed by atoms with Crippen LogP contribution < -0.4 is 5.32 Å². The number of aliphatic hydroxyl groups is 5. The number of nitrogens with one attached hydrogen (secondary N) is 1. The summed E-state index contributed by atoms with van der Waals surface area (Å²) < 4.78 is 31.2. The van der Waals surface area contributed by atoms with Crippen LogP contribution in [0.5, 0.6) is 0 Å². The Kier molecular flexibility index (Phi) is 15.9. The van der Waals surface area contributed by atoms with E-state index in [0.29, 0.717) is 12.8 Å². The molecule has 1 amide bonds. The van der Waals surface area contributed by atoms with Gasteiger partial charge in [-0.05, 0) is 63.7 Å². The zero-order chi connectivity index (χ0) is 36.5. The number of carboxylic acids is 1. The first kappa shape index (κ1) is 41.0. The maximum atomic E-state index is 12.6. The molecule has 2 saturated heterocycles. The normalized spacial score (nSPS) is 40.8. The smallest absolute Gasteiger partial charge is 0.332 e. The maximum absolute atomic E-state index is 12.6. The standard InChI is InChI=1S/C36H61NO13/c1-5-7-9-14-22-15-23(6-2)32(50-36-31(43)30(42)28(40)19(3)46-36)24(17-22)48-35-27(37-20(4)39)33(29(41)26(18-38)49-35)47-25(34(44)45)16-21-12-10-8-11-13-21/h5,7,19,21-33,35-36,38,40-43H,6,8-18H2,1-4H3,(H,37,39)(H,44,45)/t19?,22?,23?,24?,25-,26?,27?,28?,29?,30?,31?,32?,33?,35?,36?/m0/s1. The summed E-state index contributed by atoms with van der Waals surface area (Å²) in [5.74, 6) is -1.41. The summed E-state index contributed by atoms with van der Waals surface area (Å²) in [5.41, 5.74) is 0. The fourth-order valence-corrected chi connectivity index (χ4v) is 8.21.